The number of anilines is 1. The molecule has 0 unspecified atom stereocenters. The number of rotatable bonds is 3. The maximum atomic E-state index is 13.0. The van der Waals surface area contributed by atoms with Gasteiger partial charge in [0, 0.05) is 24.1 Å². The van der Waals surface area contributed by atoms with E-state index in [1.54, 1.807) is 25.3 Å². The highest BCUT2D eigenvalue weighted by Gasteiger charge is 2.56. The number of hydrogen-bond acceptors (Lipinski definition) is 4. The van der Waals surface area contributed by atoms with Gasteiger partial charge in [0.25, 0.3) is 0 Å². The van der Waals surface area contributed by atoms with E-state index in [0.29, 0.717) is 10.5 Å². The van der Waals surface area contributed by atoms with Gasteiger partial charge in [-0.15, -0.1) is 0 Å². The maximum Gasteiger partial charge on any atom is 0.416 e. The lowest BCUT2D eigenvalue weighted by Gasteiger charge is -2.44. The van der Waals surface area contributed by atoms with Gasteiger partial charge < -0.3 is 5.11 Å². The first-order valence-electron chi connectivity index (χ1n) is 9.57. The van der Waals surface area contributed by atoms with Crippen LogP contribution in [0.3, 0.4) is 0 Å². The molecule has 2 aliphatic heterocycles. The first-order chi connectivity index (χ1) is 14.6. The summed E-state index contributed by atoms with van der Waals surface area (Å²) >= 11 is 0. The number of carboxylic acids is 1. The molecule has 162 valence electrons. The molecule has 0 radical (unpaired) electrons. The van der Waals surface area contributed by atoms with E-state index in [-0.39, 0.29) is 25.1 Å². The van der Waals surface area contributed by atoms with Gasteiger partial charge in [-0.1, -0.05) is 0 Å². The minimum Gasteiger partial charge on any atom is -0.480 e. The van der Waals surface area contributed by atoms with Crippen molar-refractivity contribution in [3.05, 3.63) is 58.9 Å². The molecule has 2 aromatic rings. The van der Waals surface area contributed by atoms with Gasteiger partial charge in [0.2, 0.25) is 5.91 Å². The number of aryl methyl sites for hydroxylation is 1. The van der Waals surface area contributed by atoms with Crippen LogP contribution >= 0.6 is 0 Å². The number of imide groups is 1. The third-order valence-corrected chi connectivity index (χ3v) is 5.62. The van der Waals surface area contributed by atoms with Crippen molar-refractivity contribution in [2.24, 2.45) is 5.92 Å². The molecule has 1 N–H and O–H groups in total. The van der Waals surface area contributed by atoms with Crippen molar-refractivity contribution < 1.29 is 32.7 Å². The van der Waals surface area contributed by atoms with Crippen LogP contribution in [-0.2, 0) is 28.6 Å². The normalized spacial score (nSPS) is 20.5. The average molecular weight is 433 g/mol. The standard InChI is InChI=1S/C21H18F3N3O4/c1-11-8-12(4-6-25-11)9-15-17(19(29)30)27(18(15)28)20(31)26-7-5-13-10-14(21(22,23)24)2-3-16(13)26/h2-4,6,8,10,15,17H,5,7,9H2,1H3,(H,29,30)/t15-,17+/m1/s1. The second kappa shape index (κ2) is 7.36. The summed E-state index contributed by atoms with van der Waals surface area (Å²) in [5.41, 5.74) is 1.21. The van der Waals surface area contributed by atoms with Gasteiger partial charge in [-0.05, 0) is 61.2 Å². The van der Waals surface area contributed by atoms with Crippen LogP contribution in [0.2, 0.25) is 0 Å². The Kier molecular flexibility index (Phi) is 4.95. The average Bonchev–Trinajstić information content (AvgIpc) is 3.12. The van der Waals surface area contributed by atoms with Gasteiger partial charge in [0.05, 0.1) is 11.5 Å². The number of urea groups is 1. The highest BCUT2D eigenvalue weighted by Crippen LogP contribution is 2.38. The first kappa shape index (κ1) is 20.8. The number of fused-ring (bicyclic) bond motifs is 1. The summed E-state index contributed by atoms with van der Waals surface area (Å²) in [7, 11) is 0. The van der Waals surface area contributed by atoms with E-state index in [1.807, 2.05) is 0 Å². The molecule has 3 amide bonds. The van der Waals surface area contributed by atoms with Gasteiger partial charge in [-0.25, -0.2) is 14.5 Å². The molecule has 1 fully saturated rings. The van der Waals surface area contributed by atoms with E-state index in [2.05, 4.69) is 4.98 Å². The van der Waals surface area contributed by atoms with Crippen LogP contribution < -0.4 is 4.90 Å². The highest BCUT2D eigenvalue weighted by atomic mass is 19.4. The molecule has 2 atom stereocenters. The number of amides is 3. The third kappa shape index (κ3) is 3.62. The lowest BCUT2D eigenvalue weighted by molar-refractivity contribution is -0.165. The fraction of sp³-hybridized carbons (Fsp3) is 0.333. The van der Waals surface area contributed by atoms with Crippen LogP contribution in [0.4, 0.5) is 23.7 Å². The lowest BCUT2D eigenvalue weighted by Crippen LogP contribution is -2.69. The number of aromatic nitrogens is 1. The molecular formula is C21H18F3N3O4. The van der Waals surface area contributed by atoms with Gasteiger partial charge in [-0.2, -0.15) is 13.2 Å². The number of aliphatic carboxylic acids is 1. The third-order valence-electron chi connectivity index (χ3n) is 5.62. The predicted octanol–water partition coefficient (Wildman–Crippen LogP) is 3.05. The second-order valence-electron chi connectivity index (χ2n) is 7.63. The fourth-order valence-electron chi connectivity index (χ4n) is 4.14. The molecule has 31 heavy (non-hydrogen) atoms. The molecule has 0 saturated carbocycles. The molecule has 0 bridgehead atoms. The van der Waals surface area contributed by atoms with E-state index in [1.165, 1.54) is 6.07 Å². The molecule has 3 heterocycles. The number of nitrogens with zero attached hydrogens (tertiary/aromatic N) is 3. The zero-order valence-corrected chi connectivity index (χ0v) is 16.4. The molecule has 1 aromatic heterocycles. The van der Waals surface area contributed by atoms with Crippen molar-refractivity contribution >= 4 is 23.6 Å². The van der Waals surface area contributed by atoms with E-state index >= 15 is 0 Å². The van der Waals surface area contributed by atoms with Gasteiger partial charge in [0.15, 0.2) is 6.04 Å². The van der Waals surface area contributed by atoms with Crippen molar-refractivity contribution in [3.63, 3.8) is 0 Å². The Labute approximate surface area is 175 Å². The summed E-state index contributed by atoms with van der Waals surface area (Å²) in [5, 5.41) is 9.64. The molecule has 1 aromatic carbocycles. The highest BCUT2D eigenvalue weighted by molar-refractivity contribution is 6.12. The SMILES string of the molecule is Cc1cc(C[C@H]2C(=O)N(C(=O)N3CCc4cc(C(F)(F)F)ccc43)[C@@H]2C(=O)O)ccn1. The maximum absolute atomic E-state index is 13.0. The summed E-state index contributed by atoms with van der Waals surface area (Å²) in [6.07, 6.45) is -2.62. The Morgan fingerprint density at radius 2 is 1.97 bits per heavy atom. The Bertz CT molecular complexity index is 1090. The second-order valence-corrected chi connectivity index (χ2v) is 7.63. The molecule has 0 spiro atoms. The van der Waals surface area contributed by atoms with Crippen LogP contribution in [0.25, 0.3) is 0 Å². The number of hydrogen-bond donors (Lipinski definition) is 1. The summed E-state index contributed by atoms with van der Waals surface area (Å²) in [6, 6.07) is 4.27. The number of alkyl halides is 3. The molecule has 0 aliphatic carbocycles. The summed E-state index contributed by atoms with van der Waals surface area (Å²) in [5.74, 6) is -2.83. The Hall–Kier alpha value is -3.43. The van der Waals surface area contributed by atoms with Crippen molar-refractivity contribution in [1.82, 2.24) is 9.88 Å². The summed E-state index contributed by atoms with van der Waals surface area (Å²) < 4.78 is 38.8. The van der Waals surface area contributed by atoms with Crippen LogP contribution in [0.5, 0.6) is 0 Å². The lowest BCUT2D eigenvalue weighted by atomic mass is 9.82. The van der Waals surface area contributed by atoms with E-state index in [4.69, 9.17) is 0 Å². The number of pyridine rings is 1. The van der Waals surface area contributed by atoms with Crippen LogP contribution in [0.15, 0.2) is 36.5 Å². The van der Waals surface area contributed by atoms with Crippen LogP contribution in [0, 0.1) is 12.8 Å². The first-order valence-corrected chi connectivity index (χ1v) is 9.57. The number of carboxylic acid groups (broad SMARTS) is 1. The summed E-state index contributed by atoms with van der Waals surface area (Å²) in [4.78, 5) is 43.4. The van der Waals surface area contributed by atoms with E-state index in [9.17, 15) is 32.7 Å². The number of β-lactam (4-membered cyclic amide) rings is 1. The number of likely N-dealkylation sites (tertiary alicyclic amines) is 1. The number of benzene rings is 1. The molecule has 7 nitrogen and oxygen atoms in total. The zero-order valence-electron chi connectivity index (χ0n) is 16.4. The monoisotopic (exact) mass is 433 g/mol. The Balaban J connectivity index is 1.56. The van der Waals surface area contributed by atoms with Gasteiger partial charge in [0.1, 0.15) is 0 Å². The number of carbonyl (C=O) groups is 3. The van der Waals surface area contributed by atoms with E-state index < -0.39 is 41.6 Å². The summed E-state index contributed by atoms with van der Waals surface area (Å²) in [6.45, 7) is 1.84. The van der Waals surface area contributed by atoms with Gasteiger partial charge in [-0.3, -0.25) is 14.7 Å². The molecule has 1 saturated heterocycles. The minimum absolute atomic E-state index is 0.0693. The van der Waals surface area contributed by atoms with Crippen LogP contribution in [0.1, 0.15) is 22.4 Å². The van der Waals surface area contributed by atoms with E-state index in [0.717, 1.165) is 28.3 Å². The quantitative estimate of drug-likeness (QED) is 0.752. The Morgan fingerprint density at radius 1 is 1.23 bits per heavy atom. The Morgan fingerprint density at radius 3 is 2.61 bits per heavy atom. The topological polar surface area (TPSA) is 90.8 Å². The fourth-order valence-corrected chi connectivity index (χ4v) is 4.14. The van der Waals surface area contributed by atoms with Crippen molar-refractivity contribution in [3.8, 4) is 0 Å². The largest absolute Gasteiger partial charge is 0.480 e. The molecule has 2 aliphatic rings. The smallest absolute Gasteiger partial charge is 0.416 e. The number of halogens is 3. The van der Waals surface area contributed by atoms with Crippen molar-refractivity contribution in [1.29, 1.82) is 0 Å². The van der Waals surface area contributed by atoms with Crippen molar-refractivity contribution in [2.75, 3.05) is 11.4 Å². The zero-order chi connectivity index (χ0) is 22.5. The molecule has 10 heteroatoms. The minimum atomic E-state index is -4.51. The van der Waals surface area contributed by atoms with Gasteiger partial charge >= 0.3 is 18.2 Å². The predicted molar refractivity (Wildman–Crippen MR) is 102 cm³/mol. The van der Waals surface area contributed by atoms with Crippen molar-refractivity contribution in [2.45, 2.75) is 32.0 Å². The molecule has 4 rings (SSSR count). The number of carbonyl (C=O) groups excluding carboxylic acids is 2. The molecular weight excluding hydrogens is 415 g/mol. The van der Waals surface area contributed by atoms with Crippen LogP contribution in [-0.4, -0.2) is 45.5 Å².